The number of hydrogen-bond donors (Lipinski definition) is 2. The SMILES string of the molecule is C=CC(=O)Nc1ccc(-c2cccc(C(C)C(=O)Nc3nn(COCC[Si](C)(C)C)c4ccccc34)c2)cc1. The van der Waals surface area contributed by atoms with Gasteiger partial charge in [-0.1, -0.05) is 74.8 Å². The summed E-state index contributed by atoms with van der Waals surface area (Å²) in [6, 6.07) is 24.4. The zero-order chi connectivity index (χ0) is 28.0. The highest BCUT2D eigenvalue weighted by molar-refractivity contribution is 6.76. The quantitative estimate of drug-likeness (QED) is 0.123. The summed E-state index contributed by atoms with van der Waals surface area (Å²) in [4.78, 5) is 24.9. The Balaban J connectivity index is 1.47. The third-order valence-corrected chi connectivity index (χ3v) is 8.26. The molecule has 0 radical (unpaired) electrons. The molecule has 1 atom stereocenters. The number of hydrogen-bond acceptors (Lipinski definition) is 4. The van der Waals surface area contributed by atoms with E-state index in [9.17, 15) is 9.59 Å². The van der Waals surface area contributed by atoms with E-state index in [2.05, 4.69) is 42.0 Å². The van der Waals surface area contributed by atoms with Gasteiger partial charge in [-0.25, -0.2) is 4.68 Å². The predicted octanol–water partition coefficient (Wildman–Crippen LogP) is 6.88. The Morgan fingerprint density at radius 2 is 1.74 bits per heavy atom. The van der Waals surface area contributed by atoms with Gasteiger partial charge in [-0.05, 0) is 60.0 Å². The molecule has 8 heteroatoms. The van der Waals surface area contributed by atoms with Gasteiger partial charge < -0.3 is 15.4 Å². The number of anilines is 2. The zero-order valence-corrected chi connectivity index (χ0v) is 24.0. The first-order chi connectivity index (χ1) is 18.6. The average Bonchev–Trinajstić information content (AvgIpc) is 3.27. The minimum Gasteiger partial charge on any atom is -0.360 e. The summed E-state index contributed by atoms with van der Waals surface area (Å²) in [6.07, 6.45) is 1.24. The van der Waals surface area contributed by atoms with Crippen LogP contribution in [0.2, 0.25) is 25.7 Å². The van der Waals surface area contributed by atoms with Crippen LogP contribution in [-0.4, -0.2) is 36.3 Å². The molecule has 39 heavy (non-hydrogen) atoms. The van der Waals surface area contributed by atoms with Gasteiger partial charge in [0.05, 0.1) is 11.4 Å². The average molecular weight is 541 g/mol. The van der Waals surface area contributed by atoms with Crippen LogP contribution in [0, 0.1) is 0 Å². The van der Waals surface area contributed by atoms with Gasteiger partial charge in [0, 0.05) is 25.8 Å². The highest BCUT2D eigenvalue weighted by Gasteiger charge is 2.20. The number of amides is 2. The number of nitrogens with one attached hydrogen (secondary N) is 2. The van der Waals surface area contributed by atoms with Crippen molar-refractivity contribution in [1.82, 2.24) is 9.78 Å². The van der Waals surface area contributed by atoms with Gasteiger partial charge in [-0.2, -0.15) is 5.10 Å². The van der Waals surface area contributed by atoms with Crippen LogP contribution >= 0.6 is 0 Å². The summed E-state index contributed by atoms with van der Waals surface area (Å²) in [5.74, 6) is -0.251. The minimum atomic E-state index is -1.18. The maximum atomic E-state index is 13.3. The van der Waals surface area contributed by atoms with E-state index >= 15 is 0 Å². The van der Waals surface area contributed by atoms with Crippen molar-refractivity contribution in [2.45, 2.75) is 45.3 Å². The molecule has 1 aromatic heterocycles. The number of benzene rings is 3. The molecule has 2 N–H and O–H groups in total. The molecule has 7 nitrogen and oxygen atoms in total. The number of carbonyl (C=O) groups excluding carboxylic acids is 2. The first-order valence-corrected chi connectivity index (χ1v) is 16.8. The minimum absolute atomic E-state index is 0.135. The highest BCUT2D eigenvalue weighted by Crippen LogP contribution is 2.28. The molecule has 0 aliphatic heterocycles. The van der Waals surface area contributed by atoms with E-state index in [0.717, 1.165) is 33.6 Å². The van der Waals surface area contributed by atoms with Gasteiger partial charge >= 0.3 is 0 Å². The summed E-state index contributed by atoms with van der Waals surface area (Å²) < 4.78 is 7.73. The Morgan fingerprint density at radius 1 is 1.00 bits per heavy atom. The van der Waals surface area contributed by atoms with E-state index in [0.29, 0.717) is 24.8 Å². The second-order valence-electron chi connectivity index (χ2n) is 10.8. The maximum Gasteiger partial charge on any atom is 0.247 e. The number of ether oxygens (including phenoxy) is 1. The standard InChI is InChI=1S/C31H36N4O3Si/c1-6-29(36)32-26-16-14-23(15-17-26)25-11-9-10-24(20-25)22(2)31(37)33-30-27-12-7-8-13-28(27)35(34-30)21-38-18-19-39(3,4)5/h6-17,20,22H,1,18-19,21H2,2-5H3,(H,32,36)(H,33,34,37). The highest BCUT2D eigenvalue weighted by atomic mass is 28.3. The molecular formula is C31H36N4O3Si. The van der Waals surface area contributed by atoms with Crippen LogP contribution in [0.15, 0.2) is 85.5 Å². The fraction of sp³-hybridized carbons (Fsp3) is 0.258. The van der Waals surface area contributed by atoms with Crippen LogP contribution in [0.25, 0.3) is 22.0 Å². The van der Waals surface area contributed by atoms with Crippen molar-refractivity contribution in [3.63, 3.8) is 0 Å². The van der Waals surface area contributed by atoms with Crippen molar-refractivity contribution in [2.75, 3.05) is 17.2 Å². The van der Waals surface area contributed by atoms with E-state index in [4.69, 9.17) is 4.74 Å². The van der Waals surface area contributed by atoms with Crippen LogP contribution in [0.5, 0.6) is 0 Å². The van der Waals surface area contributed by atoms with Crippen LogP contribution in [0.1, 0.15) is 18.4 Å². The van der Waals surface area contributed by atoms with Gasteiger partial charge in [0.1, 0.15) is 6.73 Å². The van der Waals surface area contributed by atoms with Crippen molar-refractivity contribution in [3.8, 4) is 11.1 Å². The first kappa shape index (κ1) is 28.0. The van der Waals surface area contributed by atoms with Crippen LogP contribution < -0.4 is 10.6 Å². The second kappa shape index (κ2) is 12.2. The summed E-state index contributed by atoms with van der Waals surface area (Å²) in [5, 5.41) is 11.3. The molecule has 0 spiro atoms. The number of aromatic nitrogens is 2. The lowest BCUT2D eigenvalue weighted by Crippen LogP contribution is -2.22. The Kier molecular flexibility index (Phi) is 8.78. The van der Waals surface area contributed by atoms with Gasteiger partial charge in [-0.15, -0.1) is 0 Å². The number of rotatable bonds is 11. The van der Waals surface area contributed by atoms with Gasteiger partial charge in [-0.3, -0.25) is 9.59 Å². The maximum absolute atomic E-state index is 13.3. The Bertz CT molecular complexity index is 1470. The lowest BCUT2D eigenvalue weighted by atomic mass is 9.95. The van der Waals surface area contributed by atoms with Crippen molar-refractivity contribution >= 4 is 42.3 Å². The molecule has 0 saturated carbocycles. The Labute approximate surface area is 230 Å². The smallest absolute Gasteiger partial charge is 0.247 e. The van der Waals surface area contributed by atoms with Crippen LogP contribution in [0.3, 0.4) is 0 Å². The number of carbonyl (C=O) groups is 2. The van der Waals surface area contributed by atoms with E-state index in [1.807, 2.05) is 84.4 Å². The Morgan fingerprint density at radius 3 is 2.46 bits per heavy atom. The van der Waals surface area contributed by atoms with Gasteiger partial charge in [0.15, 0.2) is 5.82 Å². The number of para-hydroxylation sites is 1. The lowest BCUT2D eigenvalue weighted by molar-refractivity contribution is -0.117. The predicted molar refractivity (Wildman–Crippen MR) is 162 cm³/mol. The molecule has 0 bridgehead atoms. The van der Waals surface area contributed by atoms with Gasteiger partial charge in [0.2, 0.25) is 11.8 Å². The third-order valence-electron chi connectivity index (χ3n) is 6.56. The molecule has 0 saturated heterocycles. The normalized spacial score (nSPS) is 12.2. The van der Waals surface area contributed by atoms with Crippen LogP contribution in [0.4, 0.5) is 11.5 Å². The number of nitrogens with zero attached hydrogens (tertiary/aromatic N) is 2. The molecule has 2 amide bonds. The second-order valence-corrected chi connectivity index (χ2v) is 16.4. The van der Waals surface area contributed by atoms with Crippen LogP contribution in [-0.2, 0) is 21.1 Å². The molecule has 0 aliphatic carbocycles. The molecule has 0 aliphatic rings. The summed E-state index contributed by atoms with van der Waals surface area (Å²) in [7, 11) is -1.18. The molecule has 1 unspecified atom stereocenters. The fourth-order valence-corrected chi connectivity index (χ4v) is 4.91. The first-order valence-electron chi connectivity index (χ1n) is 13.1. The summed E-state index contributed by atoms with van der Waals surface area (Å²) in [6.45, 7) is 13.4. The van der Waals surface area contributed by atoms with Crippen molar-refractivity contribution in [3.05, 3.63) is 91.0 Å². The largest absolute Gasteiger partial charge is 0.360 e. The fourth-order valence-electron chi connectivity index (χ4n) is 4.15. The van der Waals surface area contributed by atoms with Crippen molar-refractivity contribution in [2.24, 2.45) is 0 Å². The molecular weight excluding hydrogens is 504 g/mol. The van der Waals surface area contributed by atoms with Gasteiger partial charge in [0.25, 0.3) is 0 Å². The van der Waals surface area contributed by atoms with E-state index < -0.39 is 14.0 Å². The molecule has 0 fully saturated rings. The lowest BCUT2D eigenvalue weighted by Gasteiger charge is -2.15. The van der Waals surface area contributed by atoms with E-state index in [1.165, 1.54) is 6.08 Å². The molecule has 1 heterocycles. The monoisotopic (exact) mass is 540 g/mol. The number of fused-ring (bicyclic) bond motifs is 1. The molecule has 202 valence electrons. The summed E-state index contributed by atoms with van der Waals surface area (Å²) >= 11 is 0. The molecule has 3 aromatic carbocycles. The van der Waals surface area contributed by atoms with E-state index in [1.54, 1.807) is 0 Å². The molecule has 4 aromatic rings. The molecule has 4 rings (SSSR count). The zero-order valence-electron chi connectivity index (χ0n) is 23.0. The summed E-state index contributed by atoms with van der Waals surface area (Å²) in [5.41, 5.74) is 4.48. The Hall–Kier alpha value is -4.01. The van der Waals surface area contributed by atoms with Crippen molar-refractivity contribution in [1.29, 1.82) is 0 Å². The van der Waals surface area contributed by atoms with Crippen molar-refractivity contribution < 1.29 is 14.3 Å². The van der Waals surface area contributed by atoms with E-state index in [-0.39, 0.29) is 11.8 Å². The topological polar surface area (TPSA) is 85.3 Å². The third kappa shape index (κ3) is 7.31.